The number of methoxy groups -OCH3 is 1. The number of hydrogen-bond acceptors (Lipinski definition) is 7. The second-order valence-electron chi connectivity index (χ2n) is 10.1. The fraction of sp³-hybridized carbons (Fsp3) is 0.176. The lowest BCUT2D eigenvalue weighted by Gasteiger charge is -2.18. The van der Waals surface area contributed by atoms with Crippen LogP contribution in [0.2, 0.25) is 0 Å². The molecule has 224 valence electrons. The number of nitrogens with one attached hydrogen (secondary N) is 3. The molecule has 44 heavy (non-hydrogen) atoms. The number of ether oxygens (including phenoxy) is 2. The van der Waals surface area contributed by atoms with Crippen LogP contribution in [-0.4, -0.2) is 43.6 Å². The van der Waals surface area contributed by atoms with Gasteiger partial charge in [-0.05, 0) is 65.6 Å². The van der Waals surface area contributed by atoms with E-state index in [1.165, 1.54) is 7.11 Å². The summed E-state index contributed by atoms with van der Waals surface area (Å²) in [5.74, 6) is -1.33. The van der Waals surface area contributed by atoms with Gasteiger partial charge in [-0.25, -0.2) is 9.59 Å². The molecular weight excluding hydrogens is 562 g/mol. The molecule has 0 radical (unpaired) electrons. The smallest absolute Gasteiger partial charge is 0.407 e. The molecule has 5 rings (SSSR count). The lowest BCUT2D eigenvalue weighted by molar-refractivity contribution is -0.118. The summed E-state index contributed by atoms with van der Waals surface area (Å²) in [7, 11) is 1.32. The van der Waals surface area contributed by atoms with Gasteiger partial charge in [0.25, 0.3) is 5.91 Å². The molecule has 3 N–H and O–H groups in total. The minimum Gasteiger partial charge on any atom is -0.465 e. The number of furan rings is 1. The molecule has 0 aliphatic heterocycles. The van der Waals surface area contributed by atoms with E-state index in [-0.39, 0.29) is 25.3 Å². The zero-order chi connectivity index (χ0) is 30.9. The summed E-state index contributed by atoms with van der Waals surface area (Å²) in [6.45, 7) is 0.372. The average Bonchev–Trinajstić information content (AvgIpc) is 3.49. The Hall–Kier alpha value is -5.64. The standard InChI is InChI=1S/C34H31N3O7/c1-42-33(40)26-14-13-24-19-27(16-15-23(24)18-26)36-31(38)28(37-32(39)30-20-25-10-5-6-12-29(25)44-30)11-7-17-35-34(41)43-21-22-8-3-2-4-9-22/h2-6,8-10,12-16,18-20,28H,7,11,17,21H2,1H3,(H,35,41)(H,36,38)(H,37,39)/t28-/m0/s1. The van der Waals surface area contributed by atoms with Gasteiger partial charge in [0, 0.05) is 17.6 Å². The second-order valence-corrected chi connectivity index (χ2v) is 10.1. The number of esters is 1. The van der Waals surface area contributed by atoms with E-state index in [1.807, 2.05) is 42.5 Å². The molecule has 1 aromatic heterocycles. The van der Waals surface area contributed by atoms with Crippen molar-refractivity contribution < 1.29 is 33.1 Å². The molecule has 0 unspecified atom stereocenters. The van der Waals surface area contributed by atoms with Crippen molar-refractivity contribution in [2.24, 2.45) is 0 Å². The number of alkyl carbamates (subject to hydrolysis) is 1. The Kier molecular flexibility index (Phi) is 9.51. The molecule has 1 atom stereocenters. The van der Waals surface area contributed by atoms with Gasteiger partial charge in [-0.3, -0.25) is 9.59 Å². The summed E-state index contributed by atoms with van der Waals surface area (Å²) >= 11 is 0. The molecule has 0 saturated heterocycles. The number of anilines is 1. The highest BCUT2D eigenvalue weighted by Crippen LogP contribution is 2.22. The summed E-state index contributed by atoms with van der Waals surface area (Å²) in [5.41, 5.74) is 2.36. The zero-order valence-corrected chi connectivity index (χ0v) is 24.0. The Morgan fingerprint density at radius 2 is 1.57 bits per heavy atom. The number of para-hydroxylation sites is 1. The number of amides is 3. The maximum atomic E-state index is 13.4. The van der Waals surface area contributed by atoms with Gasteiger partial charge in [-0.2, -0.15) is 0 Å². The van der Waals surface area contributed by atoms with E-state index in [0.29, 0.717) is 23.3 Å². The van der Waals surface area contributed by atoms with Crippen LogP contribution in [0.4, 0.5) is 10.5 Å². The number of rotatable bonds is 11. The first-order chi connectivity index (χ1) is 21.4. The SMILES string of the molecule is COC(=O)c1ccc2cc(NC(=O)[C@H](CCCNC(=O)OCc3ccccc3)NC(=O)c3cc4ccccc4o3)ccc2c1. The Bertz CT molecular complexity index is 1770. The normalized spacial score (nSPS) is 11.5. The predicted molar refractivity (Wildman–Crippen MR) is 165 cm³/mol. The molecule has 0 aliphatic carbocycles. The molecule has 0 fully saturated rings. The van der Waals surface area contributed by atoms with Gasteiger partial charge in [0.15, 0.2) is 5.76 Å². The minimum absolute atomic E-state index is 0.0822. The number of carbonyl (C=O) groups is 4. The number of carbonyl (C=O) groups excluding carboxylic acids is 4. The maximum absolute atomic E-state index is 13.4. The largest absolute Gasteiger partial charge is 0.465 e. The lowest BCUT2D eigenvalue weighted by atomic mass is 10.1. The molecule has 0 saturated carbocycles. The van der Waals surface area contributed by atoms with Crippen molar-refractivity contribution in [1.82, 2.24) is 10.6 Å². The molecule has 10 nitrogen and oxygen atoms in total. The fourth-order valence-corrected chi connectivity index (χ4v) is 4.66. The monoisotopic (exact) mass is 593 g/mol. The molecule has 1 heterocycles. The lowest BCUT2D eigenvalue weighted by Crippen LogP contribution is -2.44. The van der Waals surface area contributed by atoms with Crippen molar-refractivity contribution in [2.75, 3.05) is 19.0 Å². The van der Waals surface area contributed by atoms with E-state index in [2.05, 4.69) is 16.0 Å². The molecule has 4 aromatic carbocycles. The predicted octanol–water partition coefficient (Wildman–Crippen LogP) is 5.82. The fourth-order valence-electron chi connectivity index (χ4n) is 4.66. The van der Waals surface area contributed by atoms with Crippen LogP contribution in [-0.2, 0) is 20.9 Å². The van der Waals surface area contributed by atoms with Gasteiger partial charge in [0.05, 0.1) is 12.7 Å². The van der Waals surface area contributed by atoms with E-state index < -0.39 is 29.9 Å². The third-order valence-electron chi connectivity index (χ3n) is 6.95. The molecule has 10 heteroatoms. The van der Waals surface area contributed by atoms with Gasteiger partial charge in [-0.1, -0.05) is 60.7 Å². The van der Waals surface area contributed by atoms with Crippen LogP contribution in [0.5, 0.6) is 0 Å². The van der Waals surface area contributed by atoms with Crippen molar-refractivity contribution in [1.29, 1.82) is 0 Å². The molecule has 0 spiro atoms. The number of hydrogen-bond donors (Lipinski definition) is 3. The Balaban J connectivity index is 1.23. The van der Waals surface area contributed by atoms with Crippen LogP contribution in [0, 0.1) is 0 Å². The van der Waals surface area contributed by atoms with E-state index in [0.717, 1.165) is 21.7 Å². The average molecular weight is 594 g/mol. The number of fused-ring (bicyclic) bond motifs is 2. The highest BCUT2D eigenvalue weighted by molar-refractivity contribution is 6.03. The summed E-state index contributed by atoms with van der Waals surface area (Å²) in [6, 6.07) is 27.6. The van der Waals surface area contributed by atoms with Crippen molar-refractivity contribution in [3.63, 3.8) is 0 Å². The van der Waals surface area contributed by atoms with Gasteiger partial charge >= 0.3 is 12.1 Å². The van der Waals surface area contributed by atoms with E-state index >= 15 is 0 Å². The molecule has 5 aromatic rings. The summed E-state index contributed by atoms with van der Waals surface area (Å²) in [4.78, 5) is 50.6. The van der Waals surface area contributed by atoms with Crippen molar-refractivity contribution in [2.45, 2.75) is 25.5 Å². The molecule has 3 amide bonds. The maximum Gasteiger partial charge on any atom is 0.407 e. The molecular formula is C34H31N3O7. The minimum atomic E-state index is -0.935. The summed E-state index contributed by atoms with van der Waals surface area (Å²) in [6.07, 6.45) is 0.0347. The van der Waals surface area contributed by atoms with Crippen LogP contribution in [0.1, 0.15) is 39.3 Å². The van der Waals surface area contributed by atoms with Gasteiger partial charge in [-0.15, -0.1) is 0 Å². The van der Waals surface area contributed by atoms with Gasteiger partial charge in [0.2, 0.25) is 5.91 Å². The van der Waals surface area contributed by atoms with Crippen LogP contribution in [0.3, 0.4) is 0 Å². The van der Waals surface area contributed by atoms with Gasteiger partial charge in [0.1, 0.15) is 18.2 Å². The van der Waals surface area contributed by atoms with Crippen LogP contribution in [0.25, 0.3) is 21.7 Å². The Morgan fingerprint density at radius 1 is 0.818 bits per heavy atom. The Morgan fingerprint density at radius 3 is 2.36 bits per heavy atom. The zero-order valence-electron chi connectivity index (χ0n) is 24.0. The van der Waals surface area contributed by atoms with E-state index in [9.17, 15) is 19.2 Å². The highest BCUT2D eigenvalue weighted by atomic mass is 16.5. The van der Waals surface area contributed by atoms with E-state index in [1.54, 1.807) is 54.6 Å². The quantitative estimate of drug-likeness (QED) is 0.130. The van der Waals surface area contributed by atoms with E-state index in [4.69, 9.17) is 13.9 Å². The second kappa shape index (κ2) is 14.0. The topological polar surface area (TPSA) is 136 Å². The summed E-state index contributed by atoms with van der Waals surface area (Å²) < 4.78 is 15.7. The van der Waals surface area contributed by atoms with Crippen molar-refractivity contribution in [3.8, 4) is 0 Å². The first kappa shape index (κ1) is 29.8. The number of benzene rings is 4. The van der Waals surface area contributed by atoms with Crippen LogP contribution in [0.15, 0.2) is 101 Å². The molecule has 0 bridgehead atoms. The third-order valence-corrected chi connectivity index (χ3v) is 6.95. The van der Waals surface area contributed by atoms with Crippen LogP contribution < -0.4 is 16.0 Å². The van der Waals surface area contributed by atoms with Crippen molar-refractivity contribution >= 4 is 51.3 Å². The molecule has 0 aliphatic rings. The van der Waals surface area contributed by atoms with Gasteiger partial charge < -0.3 is 29.8 Å². The Labute approximate surface area is 253 Å². The third kappa shape index (κ3) is 7.60. The first-order valence-electron chi connectivity index (χ1n) is 14.1. The highest BCUT2D eigenvalue weighted by Gasteiger charge is 2.23. The first-order valence-corrected chi connectivity index (χ1v) is 14.1. The summed E-state index contributed by atoms with van der Waals surface area (Å²) in [5, 5.41) is 10.7. The van der Waals surface area contributed by atoms with Crippen LogP contribution >= 0.6 is 0 Å². The van der Waals surface area contributed by atoms with Crippen molar-refractivity contribution in [3.05, 3.63) is 114 Å².